The van der Waals surface area contributed by atoms with Crippen LogP contribution in [0.2, 0.25) is 0 Å². The Hall–Kier alpha value is -9.70. The molecule has 16 rings (SSSR count). The summed E-state index contributed by atoms with van der Waals surface area (Å²) < 4.78 is 13.6. The van der Waals surface area contributed by atoms with Gasteiger partial charge in [0.1, 0.15) is 23.0 Å². The lowest BCUT2D eigenvalue weighted by molar-refractivity contribution is 0.436. The second-order valence-electron chi connectivity index (χ2n) is 20.1. The normalized spacial score (nSPS) is 14.0. The van der Waals surface area contributed by atoms with Gasteiger partial charge in [0.15, 0.2) is 0 Å². The monoisotopic (exact) mass is 955 g/mol. The molecule has 0 amide bonds. The standard InChI is InChI=1S/C72H45NO2/c1-2-21-46(22-3-1)47-41-43-48(44-42-47)49-23-8-15-35-62(49)73(63-36-20-34-61-69(63)53-27-7-10-29-56(53)71(61)57-30-11-16-37-65(57)74-66-38-17-12-31-58(66)71)64-45-54-50-24-6-9-28-55(50)72(70(54)52-26-5-4-25-51(52)64)59-32-13-18-39-67(59)75-68-40-19-14-33-60(68)72/h1-45H. The van der Waals surface area contributed by atoms with Crippen LogP contribution in [0.25, 0.3) is 55.3 Å². The summed E-state index contributed by atoms with van der Waals surface area (Å²) in [7, 11) is 0. The summed E-state index contributed by atoms with van der Waals surface area (Å²) >= 11 is 0. The average Bonchev–Trinajstić information content (AvgIpc) is 4.17. The van der Waals surface area contributed by atoms with Crippen molar-refractivity contribution in [3.63, 3.8) is 0 Å². The lowest BCUT2D eigenvalue weighted by atomic mass is 9.65. The fraction of sp³-hybridized carbons (Fsp3) is 0.0278. The molecule has 0 atom stereocenters. The number of ether oxygens (including phenoxy) is 2. The molecule has 0 fully saturated rings. The van der Waals surface area contributed by atoms with Gasteiger partial charge in [-0.05, 0) is 103 Å². The van der Waals surface area contributed by atoms with E-state index in [2.05, 4.69) is 278 Å². The zero-order valence-corrected chi connectivity index (χ0v) is 40.7. The van der Waals surface area contributed by atoms with Crippen LogP contribution in [-0.4, -0.2) is 0 Å². The highest BCUT2D eigenvalue weighted by Crippen LogP contribution is 2.67. The number of fused-ring (bicyclic) bond motifs is 20. The molecule has 2 heterocycles. The Kier molecular flexibility index (Phi) is 8.88. The first kappa shape index (κ1) is 41.9. The van der Waals surface area contributed by atoms with Crippen LogP contribution in [-0.2, 0) is 10.8 Å². The number of hydrogen-bond donors (Lipinski definition) is 0. The van der Waals surface area contributed by atoms with E-state index in [1.54, 1.807) is 0 Å². The zero-order valence-electron chi connectivity index (χ0n) is 40.7. The first-order valence-electron chi connectivity index (χ1n) is 25.9. The summed E-state index contributed by atoms with van der Waals surface area (Å²) in [6.45, 7) is 0. The molecular weight excluding hydrogens is 911 g/mol. The largest absolute Gasteiger partial charge is 0.457 e. The van der Waals surface area contributed by atoms with Crippen LogP contribution in [0, 0.1) is 0 Å². The third kappa shape index (κ3) is 5.64. The van der Waals surface area contributed by atoms with Gasteiger partial charge in [-0.3, -0.25) is 0 Å². The van der Waals surface area contributed by atoms with E-state index in [0.717, 1.165) is 78.8 Å². The van der Waals surface area contributed by atoms with Crippen molar-refractivity contribution >= 4 is 27.8 Å². The van der Waals surface area contributed by atoms with Crippen LogP contribution in [0.3, 0.4) is 0 Å². The van der Waals surface area contributed by atoms with Gasteiger partial charge >= 0.3 is 0 Å². The third-order valence-corrected chi connectivity index (χ3v) is 16.6. The molecule has 0 bridgehead atoms. The summed E-state index contributed by atoms with van der Waals surface area (Å²) in [5, 5.41) is 2.35. The Morgan fingerprint density at radius 2 is 0.680 bits per heavy atom. The van der Waals surface area contributed by atoms with Crippen LogP contribution in [0.15, 0.2) is 273 Å². The molecule has 12 aromatic rings. The number of nitrogens with zero attached hydrogens (tertiary/aromatic N) is 1. The average molecular weight is 956 g/mol. The minimum Gasteiger partial charge on any atom is -0.457 e. The van der Waals surface area contributed by atoms with Crippen molar-refractivity contribution in [1.29, 1.82) is 0 Å². The van der Waals surface area contributed by atoms with E-state index in [-0.39, 0.29) is 0 Å². The Bertz CT molecular complexity index is 4230. The van der Waals surface area contributed by atoms with E-state index in [9.17, 15) is 0 Å². The molecule has 3 heteroatoms. The van der Waals surface area contributed by atoms with E-state index < -0.39 is 10.8 Å². The van der Waals surface area contributed by atoms with Crippen LogP contribution in [0.1, 0.15) is 44.5 Å². The summed E-state index contributed by atoms with van der Waals surface area (Å²) in [5.74, 6) is 3.51. The summed E-state index contributed by atoms with van der Waals surface area (Å²) in [5.41, 5.74) is 21.0. The predicted octanol–water partition coefficient (Wildman–Crippen LogP) is 18.6. The highest BCUT2D eigenvalue weighted by Gasteiger charge is 2.54. The van der Waals surface area contributed by atoms with Gasteiger partial charge < -0.3 is 14.4 Å². The van der Waals surface area contributed by atoms with Gasteiger partial charge in [0, 0.05) is 38.8 Å². The Morgan fingerprint density at radius 1 is 0.253 bits per heavy atom. The van der Waals surface area contributed by atoms with Crippen molar-refractivity contribution in [3.05, 3.63) is 317 Å². The SMILES string of the molecule is c1ccc(-c2ccc(-c3ccccc3N(c3cccc4c3-c3ccccc3C43c4ccccc4Oc4ccccc43)c3cc4c(c5ccccc35)C3(c5ccccc5Oc5ccccc53)c3ccccc3-4)cc2)cc1. The molecule has 75 heavy (non-hydrogen) atoms. The van der Waals surface area contributed by atoms with Crippen molar-refractivity contribution in [3.8, 4) is 67.5 Å². The van der Waals surface area contributed by atoms with E-state index in [1.807, 2.05) is 0 Å². The maximum atomic E-state index is 6.82. The first-order valence-corrected chi connectivity index (χ1v) is 25.9. The van der Waals surface area contributed by atoms with Gasteiger partial charge in [0.2, 0.25) is 0 Å². The van der Waals surface area contributed by atoms with E-state index in [0.29, 0.717) is 0 Å². The van der Waals surface area contributed by atoms with Crippen LogP contribution in [0.5, 0.6) is 23.0 Å². The molecule has 0 saturated carbocycles. The van der Waals surface area contributed by atoms with E-state index in [1.165, 1.54) is 61.0 Å². The van der Waals surface area contributed by atoms with Crippen molar-refractivity contribution in [2.45, 2.75) is 10.8 Å². The molecule has 350 valence electrons. The molecule has 0 radical (unpaired) electrons. The first-order chi connectivity index (χ1) is 37.2. The number of hydrogen-bond acceptors (Lipinski definition) is 3. The molecule has 0 saturated heterocycles. The van der Waals surface area contributed by atoms with Gasteiger partial charge in [-0.25, -0.2) is 0 Å². The molecule has 0 unspecified atom stereocenters. The molecule has 12 aromatic carbocycles. The summed E-state index contributed by atoms with van der Waals surface area (Å²) in [6.07, 6.45) is 0. The highest BCUT2D eigenvalue weighted by molar-refractivity contribution is 6.11. The fourth-order valence-corrected chi connectivity index (χ4v) is 13.7. The van der Waals surface area contributed by atoms with Crippen LogP contribution >= 0.6 is 0 Å². The van der Waals surface area contributed by atoms with Gasteiger partial charge in [0.05, 0.1) is 27.9 Å². The number of rotatable bonds is 5. The molecule has 2 aliphatic heterocycles. The Balaban J connectivity index is 1.03. The number of anilines is 3. The fourth-order valence-electron chi connectivity index (χ4n) is 13.7. The minimum atomic E-state index is -0.652. The molecule has 4 aliphatic rings. The number of benzene rings is 12. The molecule has 0 N–H and O–H groups in total. The molecule has 2 spiro atoms. The maximum Gasteiger partial charge on any atom is 0.132 e. The molecule has 3 nitrogen and oxygen atoms in total. The van der Waals surface area contributed by atoms with Gasteiger partial charge in [-0.1, -0.05) is 231 Å². The Labute approximate surface area is 435 Å². The van der Waals surface area contributed by atoms with Crippen LogP contribution < -0.4 is 14.4 Å². The number of para-hydroxylation sites is 5. The molecule has 0 aromatic heterocycles. The second-order valence-corrected chi connectivity index (χ2v) is 20.1. The van der Waals surface area contributed by atoms with Gasteiger partial charge in [-0.15, -0.1) is 0 Å². The quantitative estimate of drug-likeness (QED) is 0.172. The molecular formula is C72H45NO2. The van der Waals surface area contributed by atoms with E-state index in [4.69, 9.17) is 9.47 Å². The van der Waals surface area contributed by atoms with Crippen molar-refractivity contribution < 1.29 is 9.47 Å². The highest BCUT2D eigenvalue weighted by atomic mass is 16.5. The zero-order chi connectivity index (χ0) is 49.2. The third-order valence-electron chi connectivity index (χ3n) is 16.6. The minimum absolute atomic E-state index is 0.651. The van der Waals surface area contributed by atoms with E-state index >= 15 is 0 Å². The predicted molar refractivity (Wildman–Crippen MR) is 304 cm³/mol. The summed E-state index contributed by atoms with van der Waals surface area (Å²) in [4.78, 5) is 2.59. The topological polar surface area (TPSA) is 21.7 Å². The Morgan fingerprint density at radius 3 is 1.31 bits per heavy atom. The van der Waals surface area contributed by atoms with Crippen molar-refractivity contribution in [2.24, 2.45) is 0 Å². The smallest absolute Gasteiger partial charge is 0.132 e. The lowest BCUT2D eigenvalue weighted by Crippen LogP contribution is -2.32. The van der Waals surface area contributed by atoms with Crippen molar-refractivity contribution in [2.75, 3.05) is 4.90 Å². The van der Waals surface area contributed by atoms with Crippen LogP contribution in [0.4, 0.5) is 17.1 Å². The van der Waals surface area contributed by atoms with Gasteiger partial charge in [-0.2, -0.15) is 0 Å². The second kappa shape index (κ2) is 15.9. The molecule has 2 aliphatic carbocycles. The van der Waals surface area contributed by atoms with Crippen molar-refractivity contribution in [1.82, 2.24) is 0 Å². The maximum absolute atomic E-state index is 6.82. The lowest BCUT2D eigenvalue weighted by Gasteiger charge is -2.40. The van der Waals surface area contributed by atoms with Gasteiger partial charge in [0.25, 0.3) is 0 Å². The summed E-state index contributed by atoms with van der Waals surface area (Å²) in [6, 6.07) is 100.